The molecule has 0 spiro atoms. The molecule has 1 aromatic heterocycles. The van der Waals surface area contributed by atoms with Gasteiger partial charge in [-0.15, -0.1) is 0 Å². The van der Waals surface area contributed by atoms with E-state index in [1.54, 1.807) is 0 Å². The molecule has 0 aromatic carbocycles. The Labute approximate surface area is 90.1 Å². The van der Waals surface area contributed by atoms with E-state index >= 15 is 0 Å². The summed E-state index contributed by atoms with van der Waals surface area (Å²) in [5, 5.41) is 0. The number of nitrogens with two attached hydrogens (primary N) is 1. The van der Waals surface area contributed by atoms with E-state index in [0.717, 1.165) is 42.5 Å². The zero-order valence-electron chi connectivity index (χ0n) is 9.21. The van der Waals surface area contributed by atoms with Gasteiger partial charge in [-0.25, -0.2) is 4.98 Å². The molecule has 0 atom stereocenters. The molecule has 1 heterocycles. The highest BCUT2D eigenvalue weighted by Gasteiger charge is 2.11. The Hall–Kier alpha value is -0.640. The van der Waals surface area contributed by atoms with E-state index in [4.69, 9.17) is 5.73 Å². The van der Waals surface area contributed by atoms with Crippen LogP contribution in [-0.4, -0.2) is 21.6 Å². The Morgan fingerprint density at radius 3 is 2.57 bits per heavy atom. The van der Waals surface area contributed by atoms with E-state index < -0.39 is 0 Å². The van der Waals surface area contributed by atoms with Gasteiger partial charge in [-0.2, -0.15) is 11.8 Å². The van der Waals surface area contributed by atoms with Crippen LogP contribution in [-0.2, 0) is 19.4 Å². The van der Waals surface area contributed by atoms with Crippen LogP contribution in [0.3, 0.4) is 0 Å². The van der Waals surface area contributed by atoms with Crippen LogP contribution in [0.2, 0.25) is 0 Å². The first-order valence-corrected chi connectivity index (χ1v) is 6.46. The number of nitrogen functional groups attached to an aromatic ring is 1. The number of anilines is 1. The highest BCUT2D eigenvalue weighted by atomic mass is 32.2. The molecule has 2 N–H and O–H groups in total. The Bertz CT molecular complexity index is 294. The number of aromatic nitrogens is 2. The molecule has 0 radical (unpaired) electrons. The second-order valence-corrected chi connectivity index (χ2v) is 4.19. The molecule has 14 heavy (non-hydrogen) atoms. The van der Waals surface area contributed by atoms with Gasteiger partial charge < -0.3 is 10.3 Å². The molecule has 1 rings (SSSR count). The molecule has 0 bridgehead atoms. The molecule has 0 unspecified atom stereocenters. The van der Waals surface area contributed by atoms with Crippen molar-refractivity contribution in [3.63, 3.8) is 0 Å². The minimum Gasteiger partial charge on any atom is -0.384 e. The number of thioether (sulfide) groups is 1. The summed E-state index contributed by atoms with van der Waals surface area (Å²) in [4.78, 5) is 4.56. The number of nitrogens with zero attached hydrogens (tertiary/aromatic N) is 2. The fraction of sp³-hybridized carbons (Fsp3) is 0.700. The molecule has 3 nitrogen and oxygen atoms in total. The average Bonchev–Trinajstić information content (AvgIpc) is 2.51. The van der Waals surface area contributed by atoms with Crippen molar-refractivity contribution < 1.29 is 0 Å². The van der Waals surface area contributed by atoms with Crippen LogP contribution in [0.25, 0.3) is 0 Å². The van der Waals surface area contributed by atoms with Crippen LogP contribution in [0.15, 0.2) is 0 Å². The zero-order chi connectivity index (χ0) is 10.6. The fourth-order valence-corrected chi connectivity index (χ4v) is 1.97. The number of hydrogen-bond acceptors (Lipinski definition) is 3. The predicted molar refractivity (Wildman–Crippen MR) is 63.8 cm³/mol. The lowest BCUT2D eigenvalue weighted by molar-refractivity contribution is 0.713. The summed E-state index contributed by atoms with van der Waals surface area (Å²) in [5.74, 6) is 3.06. The summed E-state index contributed by atoms with van der Waals surface area (Å²) in [5.41, 5.74) is 7.09. The molecular weight excluding hydrogens is 194 g/mol. The lowest BCUT2D eigenvalue weighted by Crippen LogP contribution is -2.05. The minimum absolute atomic E-state index is 0.860. The lowest BCUT2D eigenvalue weighted by Gasteiger charge is -2.04. The molecule has 80 valence electrons. The number of hydrogen-bond donors (Lipinski definition) is 1. The Balaban J connectivity index is 2.89. The topological polar surface area (TPSA) is 43.8 Å². The normalized spacial score (nSPS) is 10.8. The van der Waals surface area contributed by atoms with Crippen molar-refractivity contribution in [3.8, 4) is 0 Å². The second-order valence-electron chi connectivity index (χ2n) is 3.20. The Morgan fingerprint density at radius 1 is 1.43 bits per heavy atom. The maximum atomic E-state index is 6.02. The van der Waals surface area contributed by atoms with Crippen LogP contribution in [0, 0.1) is 0 Å². The van der Waals surface area contributed by atoms with Crippen molar-refractivity contribution in [2.24, 2.45) is 0 Å². The first-order chi connectivity index (χ1) is 6.74. The molecule has 0 aliphatic carbocycles. The first-order valence-electron chi connectivity index (χ1n) is 5.07. The molecule has 0 aliphatic heterocycles. The van der Waals surface area contributed by atoms with Crippen LogP contribution >= 0.6 is 11.8 Å². The van der Waals surface area contributed by atoms with Crippen LogP contribution < -0.4 is 5.73 Å². The maximum absolute atomic E-state index is 6.02. The third-order valence-electron chi connectivity index (χ3n) is 2.34. The molecule has 4 heteroatoms. The smallest absolute Gasteiger partial charge is 0.126 e. The van der Waals surface area contributed by atoms with Crippen molar-refractivity contribution in [2.45, 2.75) is 33.2 Å². The van der Waals surface area contributed by atoms with E-state index in [9.17, 15) is 0 Å². The van der Waals surface area contributed by atoms with Gasteiger partial charge in [0.1, 0.15) is 11.6 Å². The molecular formula is C10H19N3S. The molecule has 0 fully saturated rings. The monoisotopic (exact) mass is 213 g/mol. The van der Waals surface area contributed by atoms with Crippen molar-refractivity contribution in [2.75, 3.05) is 17.7 Å². The summed E-state index contributed by atoms with van der Waals surface area (Å²) in [6.07, 6.45) is 4.04. The van der Waals surface area contributed by atoms with Gasteiger partial charge in [-0.1, -0.05) is 6.92 Å². The number of aryl methyl sites for hydroxylation is 2. The number of rotatable bonds is 5. The fourth-order valence-electron chi connectivity index (χ4n) is 1.57. The summed E-state index contributed by atoms with van der Waals surface area (Å²) in [6.45, 7) is 5.14. The van der Waals surface area contributed by atoms with Crippen LogP contribution in [0.5, 0.6) is 0 Å². The van der Waals surface area contributed by atoms with E-state index in [0.29, 0.717) is 0 Å². The van der Waals surface area contributed by atoms with E-state index in [-0.39, 0.29) is 0 Å². The quantitative estimate of drug-likeness (QED) is 0.813. The second kappa shape index (κ2) is 5.29. The van der Waals surface area contributed by atoms with Gasteiger partial charge >= 0.3 is 0 Å². The van der Waals surface area contributed by atoms with Gasteiger partial charge in [0.25, 0.3) is 0 Å². The molecule has 0 aliphatic rings. The zero-order valence-corrected chi connectivity index (χ0v) is 10.0. The van der Waals surface area contributed by atoms with Crippen molar-refractivity contribution in [3.05, 3.63) is 11.5 Å². The van der Waals surface area contributed by atoms with E-state index in [1.165, 1.54) is 0 Å². The van der Waals surface area contributed by atoms with Crippen LogP contribution in [0.1, 0.15) is 25.4 Å². The first kappa shape index (κ1) is 11.4. The van der Waals surface area contributed by atoms with Gasteiger partial charge in [0, 0.05) is 19.4 Å². The highest BCUT2D eigenvalue weighted by Crippen LogP contribution is 2.16. The summed E-state index contributed by atoms with van der Waals surface area (Å²) in [7, 11) is 0. The van der Waals surface area contributed by atoms with Crippen molar-refractivity contribution in [1.29, 1.82) is 0 Å². The van der Waals surface area contributed by atoms with Gasteiger partial charge in [-0.05, 0) is 18.9 Å². The van der Waals surface area contributed by atoms with Gasteiger partial charge in [0.05, 0.1) is 5.69 Å². The van der Waals surface area contributed by atoms with Crippen molar-refractivity contribution >= 4 is 17.6 Å². The lowest BCUT2D eigenvalue weighted by atomic mass is 10.3. The standard InChI is InChI=1S/C10H19N3S/c1-4-9-12-8(6-7-14-3)10(11)13(9)5-2/h4-7,11H2,1-3H3. The largest absolute Gasteiger partial charge is 0.384 e. The SMILES string of the molecule is CCc1nc(CCSC)c(N)n1CC. The van der Waals surface area contributed by atoms with Gasteiger partial charge in [0.2, 0.25) is 0 Å². The van der Waals surface area contributed by atoms with Crippen molar-refractivity contribution in [1.82, 2.24) is 9.55 Å². The predicted octanol–water partition coefficient (Wildman–Crippen LogP) is 1.95. The molecule has 0 saturated carbocycles. The van der Waals surface area contributed by atoms with Crippen LogP contribution in [0.4, 0.5) is 5.82 Å². The molecule has 0 saturated heterocycles. The van der Waals surface area contributed by atoms with E-state index in [2.05, 4.69) is 29.7 Å². The van der Waals surface area contributed by atoms with E-state index in [1.807, 2.05) is 11.8 Å². The molecule has 1 aromatic rings. The molecule has 0 amide bonds. The summed E-state index contributed by atoms with van der Waals surface area (Å²) in [6, 6.07) is 0. The third kappa shape index (κ3) is 2.23. The van der Waals surface area contributed by atoms with Gasteiger partial charge in [0.15, 0.2) is 0 Å². The minimum atomic E-state index is 0.860. The number of imidazole rings is 1. The van der Waals surface area contributed by atoms with Gasteiger partial charge in [-0.3, -0.25) is 0 Å². The highest BCUT2D eigenvalue weighted by molar-refractivity contribution is 7.98. The third-order valence-corrected chi connectivity index (χ3v) is 2.95. The summed E-state index contributed by atoms with van der Waals surface area (Å²) >= 11 is 1.83. The Morgan fingerprint density at radius 2 is 2.14 bits per heavy atom. The Kier molecular flexibility index (Phi) is 4.32. The average molecular weight is 213 g/mol. The summed E-state index contributed by atoms with van der Waals surface area (Å²) < 4.78 is 2.11. The maximum Gasteiger partial charge on any atom is 0.126 e.